The van der Waals surface area contributed by atoms with E-state index >= 15 is 0 Å². The molecule has 0 saturated carbocycles. The van der Waals surface area contributed by atoms with E-state index in [0.29, 0.717) is 25.8 Å². The van der Waals surface area contributed by atoms with Crippen LogP contribution in [0.3, 0.4) is 0 Å². The maximum Gasteiger partial charge on any atom is 0.423 e. The summed E-state index contributed by atoms with van der Waals surface area (Å²) in [6, 6.07) is 0. The molecule has 0 aromatic carbocycles. The van der Waals surface area contributed by atoms with Gasteiger partial charge in [0.2, 0.25) is 5.91 Å². The summed E-state index contributed by atoms with van der Waals surface area (Å²) >= 11 is 0. The number of rotatable bonds is 6. The van der Waals surface area contributed by atoms with Crippen LogP contribution in [0.25, 0.3) is 0 Å². The zero-order valence-electron chi connectivity index (χ0n) is 10.2. The van der Waals surface area contributed by atoms with Crippen LogP contribution < -0.4 is 10.9 Å². The molecular formula is C11H15N3O5. The van der Waals surface area contributed by atoms with Crippen LogP contribution in [0.15, 0.2) is 12.2 Å². The van der Waals surface area contributed by atoms with Crippen molar-refractivity contribution >= 4 is 23.8 Å². The summed E-state index contributed by atoms with van der Waals surface area (Å²) in [5.41, 5.74) is 3.76. The number of carbonyl (C=O) groups excluding carboxylic acids is 3. The molecule has 0 spiro atoms. The van der Waals surface area contributed by atoms with Crippen molar-refractivity contribution in [3.63, 3.8) is 0 Å². The van der Waals surface area contributed by atoms with Crippen molar-refractivity contribution in [2.45, 2.75) is 25.7 Å². The molecule has 0 atom stereocenters. The fourth-order valence-corrected chi connectivity index (χ4v) is 1.57. The average Bonchev–Trinajstić information content (AvgIpc) is 2.67. The van der Waals surface area contributed by atoms with Gasteiger partial charge in [0.1, 0.15) is 0 Å². The summed E-state index contributed by atoms with van der Waals surface area (Å²) in [6.07, 6.45) is 3.14. The van der Waals surface area contributed by atoms with Crippen LogP contribution in [0, 0.1) is 0 Å². The summed E-state index contributed by atoms with van der Waals surface area (Å²) in [5, 5.41) is 8.24. The lowest BCUT2D eigenvalue weighted by atomic mass is 10.2. The largest absolute Gasteiger partial charge is 0.464 e. The normalized spacial score (nSPS) is 13.8. The van der Waals surface area contributed by atoms with E-state index in [1.807, 2.05) is 5.43 Å². The van der Waals surface area contributed by atoms with Gasteiger partial charge in [-0.05, 0) is 12.8 Å². The second kappa shape index (κ2) is 7.14. The van der Waals surface area contributed by atoms with Crippen molar-refractivity contribution in [3.05, 3.63) is 12.2 Å². The van der Waals surface area contributed by atoms with Gasteiger partial charge in [-0.15, -0.1) is 0 Å². The van der Waals surface area contributed by atoms with Gasteiger partial charge in [0.25, 0.3) is 11.8 Å². The predicted octanol–water partition coefficient (Wildman–Crippen LogP) is -0.229. The maximum absolute atomic E-state index is 11.2. The molecule has 0 radical (unpaired) electrons. The Bertz CT molecular complexity index is 401. The lowest BCUT2D eigenvalue weighted by molar-refractivity contribution is -0.136. The van der Waals surface area contributed by atoms with E-state index in [1.54, 1.807) is 5.43 Å². The number of hydrogen-bond donors (Lipinski definition) is 3. The summed E-state index contributed by atoms with van der Waals surface area (Å²) in [7, 11) is 0. The molecule has 0 bridgehead atoms. The minimum atomic E-state index is -1.33. The molecule has 0 aromatic rings. The van der Waals surface area contributed by atoms with E-state index < -0.39 is 12.0 Å². The average molecular weight is 269 g/mol. The summed E-state index contributed by atoms with van der Waals surface area (Å²) < 4.78 is 0. The topological polar surface area (TPSA) is 116 Å². The molecule has 8 nitrogen and oxygen atoms in total. The van der Waals surface area contributed by atoms with Gasteiger partial charge in [-0.25, -0.2) is 10.2 Å². The number of hydrazine groups is 1. The van der Waals surface area contributed by atoms with Gasteiger partial charge < -0.3 is 5.11 Å². The minimum Gasteiger partial charge on any atom is -0.464 e. The summed E-state index contributed by atoms with van der Waals surface area (Å²) in [6.45, 7) is 0.333. The van der Waals surface area contributed by atoms with E-state index in [-0.39, 0.29) is 18.2 Å². The Balaban J connectivity index is 2.05. The predicted molar refractivity (Wildman–Crippen MR) is 63.6 cm³/mol. The van der Waals surface area contributed by atoms with E-state index in [1.165, 1.54) is 12.2 Å². The number of unbranched alkanes of at least 4 members (excludes halogenated alkanes) is 2. The van der Waals surface area contributed by atoms with Gasteiger partial charge in [-0.1, -0.05) is 6.42 Å². The third kappa shape index (κ3) is 5.19. The molecule has 0 saturated heterocycles. The number of nitrogens with zero attached hydrogens (tertiary/aromatic N) is 1. The van der Waals surface area contributed by atoms with Crippen molar-refractivity contribution in [3.8, 4) is 0 Å². The smallest absolute Gasteiger partial charge is 0.423 e. The third-order valence-electron chi connectivity index (χ3n) is 2.49. The summed E-state index contributed by atoms with van der Waals surface area (Å²) in [4.78, 5) is 44.7. The summed E-state index contributed by atoms with van der Waals surface area (Å²) in [5.74, 6) is -1.04. The molecular weight excluding hydrogens is 254 g/mol. The molecule has 0 unspecified atom stereocenters. The Labute approximate surface area is 109 Å². The van der Waals surface area contributed by atoms with Gasteiger partial charge in [-0.3, -0.25) is 24.7 Å². The SMILES string of the molecule is O=C(O)NNC(=O)CCCCCN1C(=O)C=CC1=O. The third-order valence-corrected chi connectivity index (χ3v) is 2.49. The molecule has 0 aromatic heterocycles. The highest BCUT2D eigenvalue weighted by molar-refractivity contribution is 6.12. The van der Waals surface area contributed by atoms with Gasteiger partial charge in [-0.2, -0.15) is 0 Å². The van der Waals surface area contributed by atoms with E-state index in [4.69, 9.17) is 5.11 Å². The van der Waals surface area contributed by atoms with Crippen LogP contribution in [0.1, 0.15) is 25.7 Å². The molecule has 4 amide bonds. The molecule has 1 aliphatic rings. The highest BCUT2D eigenvalue weighted by Crippen LogP contribution is 2.07. The van der Waals surface area contributed by atoms with Crippen LogP contribution in [0.4, 0.5) is 4.79 Å². The van der Waals surface area contributed by atoms with E-state index in [2.05, 4.69) is 0 Å². The van der Waals surface area contributed by atoms with Crippen LogP contribution >= 0.6 is 0 Å². The second-order valence-corrected chi connectivity index (χ2v) is 3.95. The lowest BCUT2D eigenvalue weighted by Gasteiger charge is -2.12. The molecule has 1 rings (SSSR count). The quantitative estimate of drug-likeness (QED) is 0.350. The molecule has 19 heavy (non-hydrogen) atoms. The molecule has 3 N–H and O–H groups in total. The lowest BCUT2D eigenvalue weighted by Crippen LogP contribution is -2.40. The molecule has 104 valence electrons. The Morgan fingerprint density at radius 3 is 2.26 bits per heavy atom. The number of carboxylic acid groups (broad SMARTS) is 1. The Morgan fingerprint density at radius 1 is 1.05 bits per heavy atom. The molecule has 1 heterocycles. The number of carbonyl (C=O) groups is 4. The molecule has 0 aliphatic carbocycles. The minimum absolute atomic E-state index is 0.181. The highest BCUT2D eigenvalue weighted by atomic mass is 16.4. The Kier molecular flexibility index (Phi) is 5.52. The standard InChI is InChI=1S/C11H15N3O5/c15-8(12-13-11(18)19)4-2-1-3-7-14-9(16)5-6-10(14)17/h5-6,13H,1-4,7H2,(H,12,15)(H,18,19). The first-order chi connectivity index (χ1) is 9.00. The Morgan fingerprint density at radius 2 is 1.68 bits per heavy atom. The number of amides is 4. The zero-order valence-corrected chi connectivity index (χ0v) is 10.2. The van der Waals surface area contributed by atoms with Gasteiger partial charge in [0.15, 0.2) is 0 Å². The number of hydrogen-bond acceptors (Lipinski definition) is 4. The second-order valence-electron chi connectivity index (χ2n) is 3.95. The molecule has 8 heteroatoms. The van der Waals surface area contributed by atoms with Crippen molar-refractivity contribution in [1.82, 2.24) is 15.8 Å². The molecule has 0 fully saturated rings. The van der Waals surface area contributed by atoms with Crippen molar-refractivity contribution in [1.29, 1.82) is 0 Å². The van der Waals surface area contributed by atoms with Crippen LogP contribution in [0.2, 0.25) is 0 Å². The van der Waals surface area contributed by atoms with Gasteiger partial charge in [0.05, 0.1) is 0 Å². The fourth-order valence-electron chi connectivity index (χ4n) is 1.57. The number of imide groups is 1. The zero-order chi connectivity index (χ0) is 14.3. The van der Waals surface area contributed by atoms with Crippen LogP contribution in [-0.2, 0) is 14.4 Å². The van der Waals surface area contributed by atoms with E-state index in [0.717, 1.165) is 4.90 Å². The fraction of sp³-hybridized carbons (Fsp3) is 0.455. The first-order valence-electron chi connectivity index (χ1n) is 5.82. The highest BCUT2D eigenvalue weighted by Gasteiger charge is 2.22. The van der Waals surface area contributed by atoms with Gasteiger partial charge >= 0.3 is 6.09 Å². The molecule has 1 aliphatic heterocycles. The van der Waals surface area contributed by atoms with Crippen molar-refractivity contribution < 1.29 is 24.3 Å². The maximum atomic E-state index is 11.2. The Hall–Kier alpha value is -2.38. The van der Waals surface area contributed by atoms with Crippen molar-refractivity contribution in [2.75, 3.05) is 6.54 Å². The monoisotopic (exact) mass is 269 g/mol. The van der Waals surface area contributed by atoms with Crippen molar-refractivity contribution in [2.24, 2.45) is 0 Å². The van der Waals surface area contributed by atoms with E-state index in [9.17, 15) is 19.2 Å². The van der Waals surface area contributed by atoms with Crippen LogP contribution in [0.5, 0.6) is 0 Å². The van der Waals surface area contributed by atoms with Gasteiger partial charge in [0, 0.05) is 25.1 Å². The van der Waals surface area contributed by atoms with Crippen LogP contribution in [-0.4, -0.2) is 40.4 Å². The first-order valence-corrected chi connectivity index (χ1v) is 5.82. The first kappa shape index (κ1) is 14.7. The number of nitrogens with one attached hydrogen (secondary N) is 2.